The molecule has 1 aromatic heterocycles. The first-order chi connectivity index (χ1) is 5.59. The van der Waals surface area contributed by atoms with E-state index in [1.807, 2.05) is 6.92 Å². The molecule has 0 spiro atoms. The zero-order chi connectivity index (χ0) is 9.14. The van der Waals surface area contributed by atoms with Crippen LogP contribution in [0.2, 0.25) is 0 Å². The van der Waals surface area contributed by atoms with E-state index in [0.29, 0.717) is 5.13 Å². The minimum atomic E-state index is 0.682. The molecule has 0 saturated carbocycles. The maximum absolute atomic E-state index is 5.58. The van der Waals surface area contributed by atoms with Crippen molar-refractivity contribution >= 4 is 16.5 Å². The quantitative estimate of drug-likeness (QED) is 0.768. The van der Waals surface area contributed by atoms with Gasteiger partial charge in [0.15, 0.2) is 5.13 Å². The van der Waals surface area contributed by atoms with E-state index >= 15 is 0 Å². The summed E-state index contributed by atoms with van der Waals surface area (Å²) in [7, 11) is 4.14. The molecule has 3 nitrogen and oxygen atoms in total. The van der Waals surface area contributed by atoms with Crippen molar-refractivity contribution in [3.05, 3.63) is 10.6 Å². The molecule has 0 atom stereocenters. The molecule has 0 bridgehead atoms. The monoisotopic (exact) mass is 185 g/mol. The van der Waals surface area contributed by atoms with Crippen LogP contribution in [0.15, 0.2) is 0 Å². The first-order valence-electron chi connectivity index (χ1n) is 3.96. The first kappa shape index (κ1) is 9.48. The Kier molecular flexibility index (Phi) is 3.05. The molecule has 0 aliphatic rings. The fraction of sp³-hybridized carbons (Fsp3) is 0.625. The number of likely N-dealkylation sites (N-methyl/N-ethyl adjacent to an activating group) is 1. The molecule has 0 fully saturated rings. The highest BCUT2D eigenvalue weighted by Gasteiger charge is 2.04. The molecule has 12 heavy (non-hydrogen) atoms. The highest BCUT2D eigenvalue weighted by atomic mass is 32.1. The van der Waals surface area contributed by atoms with Gasteiger partial charge in [-0.15, -0.1) is 11.3 Å². The van der Waals surface area contributed by atoms with Gasteiger partial charge in [-0.1, -0.05) is 0 Å². The second kappa shape index (κ2) is 3.87. The van der Waals surface area contributed by atoms with Gasteiger partial charge >= 0.3 is 0 Å². The number of thiazole rings is 1. The van der Waals surface area contributed by atoms with Gasteiger partial charge in [-0.25, -0.2) is 4.98 Å². The van der Waals surface area contributed by atoms with Crippen LogP contribution in [0.1, 0.15) is 10.6 Å². The molecular formula is C8H15N3S. The fourth-order valence-electron chi connectivity index (χ4n) is 1.01. The van der Waals surface area contributed by atoms with Gasteiger partial charge in [-0.05, 0) is 27.4 Å². The number of nitrogens with zero attached hydrogens (tertiary/aromatic N) is 2. The SMILES string of the molecule is Cc1nc(N)sc1CCN(C)C. The molecule has 1 aromatic rings. The normalized spacial score (nSPS) is 11.0. The van der Waals surface area contributed by atoms with Gasteiger partial charge in [-0.3, -0.25) is 0 Å². The van der Waals surface area contributed by atoms with Crippen molar-refractivity contribution in [3.8, 4) is 0 Å². The highest BCUT2D eigenvalue weighted by Crippen LogP contribution is 2.19. The Hall–Kier alpha value is -0.610. The standard InChI is InChI=1S/C8H15N3S/c1-6-7(4-5-11(2)3)12-8(9)10-6/h4-5H2,1-3H3,(H2,9,10). The second-order valence-corrected chi connectivity index (χ2v) is 4.23. The lowest BCUT2D eigenvalue weighted by Gasteiger charge is -2.07. The van der Waals surface area contributed by atoms with Gasteiger partial charge in [0.1, 0.15) is 0 Å². The third-order valence-corrected chi connectivity index (χ3v) is 2.74. The van der Waals surface area contributed by atoms with E-state index in [1.165, 1.54) is 4.88 Å². The second-order valence-electron chi connectivity index (χ2n) is 3.11. The van der Waals surface area contributed by atoms with E-state index in [1.54, 1.807) is 11.3 Å². The third kappa shape index (κ3) is 2.46. The lowest BCUT2D eigenvalue weighted by Crippen LogP contribution is -2.14. The molecule has 0 aromatic carbocycles. The summed E-state index contributed by atoms with van der Waals surface area (Å²) in [6.45, 7) is 3.07. The molecule has 0 aliphatic carbocycles. The minimum absolute atomic E-state index is 0.682. The van der Waals surface area contributed by atoms with Crippen molar-refractivity contribution in [1.82, 2.24) is 9.88 Å². The van der Waals surface area contributed by atoms with Crippen molar-refractivity contribution in [2.24, 2.45) is 0 Å². The van der Waals surface area contributed by atoms with Crippen LogP contribution in [0.4, 0.5) is 5.13 Å². The summed E-state index contributed by atoms with van der Waals surface area (Å²) in [6, 6.07) is 0. The van der Waals surface area contributed by atoms with Crippen molar-refractivity contribution in [2.45, 2.75) is 13.3 Å². The maximum atomic E-state index is 5.58. The van der Waals surface area contributed by atoms with Crippen molar-refractivity contribution in [3.63, 3.8) is 0 Å². The Bertz CT molecular complexity index is 255. The van der Waals surface area contributed by atoms with Crippen LogP contribution < -0.4 is 5.73 Å². The first-order valence-corrected chi connectivity index (χ1v) is 4.77. The summed E-state index contributed by atoms with van der Waals surface area (Å²) in [5.41, 5.74) is 6.66. The number of hydrogen-bond acceptors (Lipinski definition) is 4. The number of nitrogen functional groups attached to an aromatic ring is 1. The van der Waals surface area contributed by atoms with Gasteiger partial charge in [0.2, 0.25) is 0 Å². The molecule has 0 unspecified atom stereocenters. The fourth-order valence-corrected chi connectivity index (χ4v) is 1.83. The van der Waals surface area contributed by atoms with E-state index in [4.69, 9.17) is 5.73 Å². The molecule has 0 radical (unpaired) electrons. The van der Waals surface area contributed by atoms with Crippen molar-refractivity contribution in [2.75, 3.05) is 26.4 Å². The average molecular weight is 185 g/mol. The molecular weight excluding hydrogens is 170 g/mol. The van der Waals surface area contributed by atoms with E-state index in [-0.39, 0.29) is 0 Å². The maximum Gasteiger partial charge on any atom is 0.180 e. The van der Waals surface area contributed by atoms with Crippen molar-refractivity contribution in [1.29, 1.82) is 0 Å². The molecule has 68 valence electrons. The number of aromatic nitrogens is 1. The summed E-state index contributed by atoms with van der Waals surface area (Å²) in [6.07, 6.45) is 1.05. The highest BCUT2D eigenvalue weighted by molar-refractivity contribution is 7.15. The number of nitrogens with two attached hydrogens (primary N) is 1. The predicted octanol–water partition coefficient (Wildman–Crippen LogP) is 1.14. The number of rotatable bonds is 3. The van der Waals surface area contributed by atoms with E-state index < -0.39 is 0 Å². The summed E-state index contributed by atoms with van der Waals surface area (Å²) >= 11 is 1.60. The number of aryl methyl sites for hydroxylation is 1. The van der Waals surface area contributed by atoms with E-state index in [2.05, 4.69) is 24.0 Å². The molecule has 0 amide bonds. The Labute approximate surface area is 77.2 Å². The van der Waals surface area contributed by atoms with Crippen LogP contribution in [0.25, 0.3) is 0 Å². The largest absolute Gasteiger partial charge is 0.375 e. The van der Waals surface area contributed by atoms with Crippen LogP contribution in [0.3, 0.4) is 0 Å². The Morgan fingerprint density at radius 2 is 2.17 bits per heavy atom. The molecule has 0 saturated heterocycles. The molecule has 1 heterocycles. The van der Waals surface area contributed by atoms with Gasteiger partial charge in [0.05, 0.1) is 5.69 Å². The number of hydrogen-bond donors (Lipinski definition) is 1. The van der Waals surface area contributed by atoms with Gasteiger partial charge in [-0.2, -0.15) is 0 Å². The molecule has 4 heteroatoms. The van der Waals surface area contributed by atoms with Crippen LogP contribution in [-0.2, 0) is 6.42 Å². The smallest absolute Gasteiger partial charge is 0.180 e. The third-order valence-electron chi connectivity index (χ3n) is 1.70. The zero-order valence-corrected chi connectivity index (χ0v) is 8.61. The summed E-state index contributed by atoms with van der Waals surface area (Å²) in [5.74, 6) is 0. The van der Waals surface area contributed by atoms with Gasteiger partial charge in [0.25, 0.3) is 0 Å². The molecule has 1 rings (SSSR count). The van der Waals surface area contributed by atoms with Crippen LogP contribution in [0, 0.1) is 6.92 Å². The molecule has 2 N–H and O–H groups in total. The lowest BCUT2D eigenvalue weighted by molar-refractivity contribution is 0.414. The molecule has 0 aliphatic heterocycles. The van der Waals surface area contributed by atoms with Crippen LogP contribution >= 0.6 is 11.3 Å². The van der Waals surface area contributed by atoms with Crippen LogP contribution in [-0.4, -0.2) is 30.5 Å². The van der Waals surface area contributed by atoms with E-state index in [0.717, 1.165) is 18.7 Å². The zero-order valence-electron chi connectivity index (χ0n) is 7.79. The summed E-state index contributed by atoms with van der Waals surface area (Å²) < 4.78 is 0. The average Bonchev–Trinajstić information content (AvgIpc) is 2.26. The van der Waals surface area contributed by atoms with E-state index in [9.17, 15) is 0 Å². The predicted molar refractivity (Wildman–Crippen MR) is 53.5 cm³/mol. The lowest BCUT2D eigenvalue weighted by atomic mass is 10.3. The van der Waals surface area contributed by atoms with Gasteiger partial charge < -0.3 is 10.6 Å². The van der Waals surface area contributed by atoms with Crippen LogP contribution in [0.5, 0.6) is 0 Å². The Morgan fingerprint density at radius 1 is 1.50 bits per heavy atom. The Morgan fingerprint density at radius 3 is 2.58 bits per heavy atom. The van der Waals surface area contributed by atoms with Crippen molar-refractivity contribution < 1.29 is 0 Å². The Balaban J connectivity index is 2.57. The summed E-state index contributed by atoms with van der Waals surface area (Å²) in [5, 5.41) is 0.682. The number of anilines is 1. The summed E-state index contributed by atoms with van der Waals surface area (Å²) in [4.78, 5) is 7.64. The topological polar surface area (TPSA) is 42.1 Å². The van der Waals surface area contributed by atoms with Gasteiger partial charge in [0, 0.05) is 11.4 Å². The minimum Gasteiger partial charge on any atom is -0.375 e.